The van der Waals surface area contributed by atoms with Crippen molar-refractivity contribution >= 4 is 11.6 Å². The van der Waals surface area contributed by atoms with Crippen molar-refractivity contribution in [2.24, 2.45) is 0 Å². The molecular formula is C14H12N2. The number of nitrogens with zero attached hydrogens (tertiary/aromatic N) is 1. The van der Waals surface area contributed by atoms with E-state index in [9.17, 15) is 5.26 Å². The molecule has 0 bridgehead atoms. The van der Waals surface area contributed by atoms with Crippen LogP contribution in [-0.2, 0) is 0 Å². The number of aromatic amines is 1. The van der Waals surface area contributed by atoms with Gasteiger partial charge in [-0.05, 0) is 36.3 Å². The van der Waals surface area contributed by atoms with E-state index in [1.165, 1.54) is 0 Å². The first kappa shape index (κ1) is 10.3. The van der Waals surface area contributed by atoms with Crippen molar-refractivity contribution in [2.75, 3.05) is 0 Å². The number of nitriles is 1. The van der Waals surface area contributed by atoms with Crippen LogP contribution in [0.2, 0.25) is 0 Å². The Balaban J connectivity index is 2.46. The van der Waals surface area contributed by atoms with Gasteiger partial charge in [0.25, 0.3) is 0 Å². The van der Waals surface area contributed by atoms with Crippen molar-refractivity contribution in [2.45, 2.75) is 6.92 Å². The molecule has 0 aliphatic rings. The number of hydrogen-bond acceptors (Lipinski definition) is 1. The molecule has 0 aliphatic heterocycles. The zero-order chi connectivity index (χ0) is 11.4. The Labute approximate surface area is 94.9 Å². The van der Waals surface area contributed by atoms with Gasteiger partial charge in [0.1, 0.15) is 0 Å². The highest BCUT2D eigenvalue weighted by molar-refractivity contribution is 5.89. The van der Waals surface area contributed by atoms with Gasteiger partial charge < -0.3 is 4.98 Å². The van der Waals surface area contributed by atoms with E-state index < -0.39 is 0 Å². The van der Waals surface area contributed by atoms with Crippen molar-refractivity contribution in [3.63, 3.8) is 0 Å². The SMILES string of the molecule is Cc1ccccc1C(C#N)=Cc1ccc[nH]1. The van der Waals surface area contributed by atoms with Crippen molar-refractivity contribution in [1.82, 2.24) is 4.98 Å². The molecule has 0 radical (unpaired) electrons. The molecule has 2 nitrogen and oxygen atoms in total. The molecule has 0 fully saturated rings. The van der Waals surface area contributed by atoms with Crippen LogP contribution < -0.4 is 0 Å². The summed E-state index contributed by atoms with van der Waals surface area (Å²) in [5.41, 5.74) is 3.72. The summed E-state index contributed by atoms with van der Waals surface area (Å²) in [5.74, 6) is 0. The fraction of sp³-hybridized carbons (Fsp3) is 0.0714. The molecule has 1 heterocycles. The van der Waals surface area contributed by atoms with Gasteiger partial charge in [-0.1, -0.05) is 24.3 Å². The predicted octanol–water partition coefficient (Wildman–Crippen LogP) is 3.39. The Hall–Kier alpha value is -2.27. The van der Waals surface area contributed by atoms with Gasteiger partial charge in [-0.2, -0.15) is 5.26 Å². The van der Waals surface area contributed by atoms with Crippen molar-refractivity contribution in [3.8, 4) is 6.07 Å². The first-order chi connectivity index (χ1) is 7.81. The van der Waals surface area contributed by atoms with Crippen LogP contribution >= 0.6 is 0 Å². The molecule has 1 aromatic carbocycles. The summed E-state index contributed by atoms with van der Waals surface area (Å²) in [5, 5.41) is 9.17. The number of hydrogen-bond donors (Lipinski definition) is 1. The maximum atomic E-state index is 9.17. The Morgan fingerprint density at radius 1 is 1.25 bits per heavy atom. The van der Waals surface area contributed by atoms with Gasteiger partial charge in [-0.3, -0.25) is 0 Å². The average molecular weight is 208 g/mol. The highest BCUT2D eigenvalue weighted by Gasteiger charge is 2.03. The van der Waals surface area contributed by atoms with Crippen LogP contribution in [0.15, 0.2) is 42.6 Å². The van der Waals surface area contributed by atoms with E-state index >= 15 is 0 Å². The minimum atomic E-state index is 0.681. The summed E-state index contributed by atoms with van der Waals surface area (Å²) in [7, 11) is 0. The zero-order valence-corrected chi connectivity index (χ0v) is 9.07. The molecule has 1 N–H and O–H groups in total. The summed E-state index contributed by atoms with van der Waals surface area (Å²) in [4.78, 5) is 3.06. The van der Waals surface area contributed by atoms with E-state index in [-0.39, 0.29) is 0 Å². The fourth-order valence-corrected chi connectivity index (χ4v) is 1.63. The number of benzene rings is 1. The first-order valence-electron chi connectivity index (χ1n) is 5.12. The van der Waals surface area contributed by atoms with Crippen LogP contribution in [0.3, 0.4) is 0 Å². The summed E-state index contributed by atoms with van der Waals surface area (Å²) in [6.45, 7) is 2.01. The highest BCUT2D eigenvalue weighted by atomic mass is 14.7. The van der Waals surface area contributed by atoms with E-state index in [1.807, 2.05) is 55.6 Å². The number of aryl methyl sites for hydroxylation is 1. The van der Waals surface area contributed by atoms with Crippen molar-refractivity contribution < 1.29 is 0 Å². The third-order valence-electron chi connectivity index (χ3n) is 2.48. The minimum absolute atomic E-state index is 0.681. The molecular weight excluding hydrogens is 196 g/mol. The van der Waals surface area contributed by atoms with Gasteiger partial charge in [0, 0.05) is 11.9 Å². The monoisotopic (exact) mass is 208 g/mol. The zero-order valence-electron chi connectivity index (χ0n) is 9.07. The molecule has 2 aromatic rings. The Morgan fingerprint density at radius 2 is 2.06 bits per heavy atom. The van der Waals surface area contributed by atoms with Gasteiger partial charge in [0.05, 0.1) is 11.6 Å². The lowest BCUT2D eigenvalue weighted by molar-refractivity contribution is 1.37. The van der Waals surface area contributed by atoms with Crippen LogP contribution in [0.4, 0.5) is 0 Å². The average Bonchev–Trinajstić information content (AvgIpc) is 2.80. The van der Waals surface area contributed by atoms with Crippen LogP contribution in [0.25, 0.3) is 11.6 Å². The first-order valence-corrected chi connectivity index (χ1v) is 5.12. The van der Waals surface area contributed by atoms with Gasteiger partial charge in [-0.25, -0.2) is 0 Å². The van der Waals surface area contributed by atoms with E-state index in [1.54, 1.807) is 0 Å². The second kappa shape index (κ2) is 4.50. The highest BCUT2D eigenvalue weighted by Crippen LogP contribution is 2.20. The van der Waals surface area contributed by atoms with Crippen molar-refractivity contribution in [3.05, 3.63) is 59.4 Å². The van der Waals surface area contributed by atoms with Gasteiger partial charge >= 0.3 is 0 Å². The number of aromatic nitrogens is 1. The van der Waals surface area contributed by atoms with Crippen LogP contribution in [0.5, 0.6) is 0 Å². The van der Waals surface area contributed by atoms with E-state index in [0.29, 0.717) is 5.57 Å². The second-order valence-electron chi connectivity index (χ2n) is 3.61. The largest absolute Gasteiger partial charge is 0.362 e. The quantitative estimate of drug-likeness (QED) is 0.755. The topological polar surface area (TPSA) is 39.6 Å². The lowest BCUT2D eigenvalue weighted by Gasteiger charge is -2.02. The normalized spacial score (nSPS) is 11.1. The number of allylic oxidation sites excluding steroid dienone is 1. The maximum Gasteiger partial charge on any atom is 0.0998 e. The molecule has 1 aromatic heterocycles. The van der Waals surface area contributed by atoms with Crippen molar-refractivity contribution in [1.29, 1.82) is 5.26 Å². The van der Waals surface area contributed by atoms with Crippen LogP contribution in [-0.4, -0.2) is 4.98 Å². The van der Waals surface area contributed by atoms with E-state index in [0.717, 1.165) is 16.8 Å². The Bertz CT molecular complexity index is 542. The van der Waals surface area contributed by atoms with Gasteiger partial charge in [-0.15, -0.1) is 0 Å². The predicted molar refractivity (Wildman–Crippen MR) is 65.5 cm³/mol. The molecule has 0 saturated carbocycles. The summed E-state index contributed by atoms with van der Waals surface area (Å²) in [6, 6.07) is 14.0. The van der Waals surface area contributed by atoms with E-state index in [4.69, 9.17) is 0 Å². The smallest absolute Gasteiger partial charge is 0.0998 e. The van der Waals surface area contributed by atoms with Gasteiger partial charge in [0.15, 0.2) is 0 Å². The lowest BCUT2D eigenvalue weighted by atomic mass is 10.0. The molecule has 0 saturated heterocycles. The molecule has 16 heavy (non-hydrogen) atoms. The molecule has 0 atom stereocenters. The number of H-pyrrole nitrogens is 1. The molecule has 0 unspecified atom stereocenters. The lowest BCUT2D eigenvalue weighted by Crippen LogP contribution is -1.86. The standard InChI is InChI=1S/C14H12N2/c1-11-5-2-3-7-14(11)12(10-15)9-13-6-4-8-16-13/h2-9,16H,1H3. The molecule has 0 aliphatic carbocycles. The van der Waals surface area contributed by atoms with Gasteiger partial charge in [0.2, 0.25) is 0 Å². The molecule has 78 valence electrons. The number of rotatable bonds is 2. The third-order valence-corrected chi connectivity index (χ3v) is 2.48. The summed E-state index contributed by atoms with van der Waals surface area (Å²) >= 11 is 0. The Morgan fingerprint density at radius 3 is 2.69 bits per heavy atom. The number of nitrogens with one attached hydrogen (secondary N) is 1. The van der Waals surface area contributed by atoms with E-state index in [2.05, 4.69) is 11.1 Å². The fourth-order valence-electron chi connectivity index (χ4n) is 1.63. The van der Waals surface area contributed by atoms with Crippen LogP contribution in [0.1, 0.15) is 16.8 Å². The molecule has 2 heteroatoms. The third kappa shape index (κ3) is 2.04. The Kier molecular flexibility index (Phi) is 2.88. The summed E-state index contributed by atoms with van der Waals surface area (Å²) in [6.07, 6.45) is 3.71. The summed E-state index contributed by atoms with van der Waals surface area (Å²) < 4.78 is 0. The molecule has 0 spiro atoms. The molecule has 2 rings (SSSR count). The minimum Gasteiger partial charge on any atom is -0.362 e. The van der Waals surface area contributed by atoms with Crippen LogP contribution in [0, 0.1) is 18.3 Å². The maximum absolute atomic E-state index is 9.17. The molecule has 0 amide bonds. The second-order valence-corrected chi connectivity index (χ2v) is 3.61.